The molecule has 0 rings (SSSR count). The molecule has 0 spiro atoms. The Balaban J connectivity index is 4.13. The van der Waals surface area contributed by atoms with Crippen LogP contribution in [0, 0.1) is 0 Å². The molecule has 0 fully saturated rings. The first kappa shape index (κ1) is 74.6. The van der Waals surface area contributed by atoms with Crippen LogP contribution in [-0.4, -0.2) is 37.2 Å². The van der Waals surface area contributed by atoms with Gasteiger partial charge in [-0.2, -0.15) is 0 Å². The molecule has 0 aromatic heterocycles. The molecule has 6 heteroatoms. The maximum atomic E-state index is 12.9. The van der Waals surface area contributed by atoms with Crippen molar-refractivity contribution in [1.29, 1.82) is 0 Å². The van der Waals surface area contributed by atoms with Gasteiger partial charge < -0.3 is 14.2 Å². The van der Waals surface area contributed by atoms with Gasteiger partial charge in [-0.1, -0.05) is 286 Å². The third-order valence-electron chi connectivity index (χ3n) is 14.6. The van der Waals surface area contributed by atoms with Crippen molar-refractivity contribution in [2.45, 2.75) is 341 Å². The Morgan fingerprint density at radius 2 is 0.500 bits per heavy atom. The number of hydrogen-bond acceptors (Lipinski definition) is 6. The van der Waals surface area contributed by atoms with Crippen molar-refractivity contribution < 1.29 is 28.6 Å². The predicted molar refractivity (Wildman–Crippen MR) is 339 cm³/mol. The standard InChI is InChI=1S/C72H126O6/c1-4-7-10-13-16-19-22-25-27-28-29-30-31-32-33-34-35-36-37-38-39-40-41-42-43-44-46-47-50-53-56-59-62-65-71(74)77-68-69(67-76-70(73)64-61-58-55-52-49-24-21-18-15-12-9-6-3)78-72(75)66-63-60-57-54-51-48-45-26-23-20-17-14-11-8-5-2/h8,11,17-18,20-22,25-26,28-29,45,51,54,69H,4-7,9-10,12-16,19,23-24,27,30-44,46-50,52-53,55-68H2,1-3H3/b11-8-,20-17-,21-18-,25-22-,29-28-,45-26-,54-51-. The van der Waals surface area contributed by atoms with Crippen LogP contribution >= 0.6 is 0 Å². The molecule has 6 nitrogen and oxygen atoms in total. The lowest BCUT2D eigenvalue weighted by atomic mass is 10.0. The highest BCUT2D eigenvalue weighted by molar-refractivity contribution is 5.71. The van der Waals surface area contributed by atoms with Crippen molar-refractivity contribution >= 4 is 17.9 Å². The lowest BCUT2D eigenvalue weighted by Gasteiger charge is -2.18. The molecule has 450 valence electrons. The zero-order valence-corrected chi connectivity index (χ0v) is 51.7. The Morgan fingerprint density at radius 1 is 0.269 bits per heavy atom. The summed E-state index contributed by atoms with van der Waals surface area (Å²) in [6.07, 6.45) is 87.7. The summed E-state index contributed by atoms with van der Waals surface area (Å²) >= 11 is 0. The number of unbranched alkanes of at least 4 members (excludes halogenated alkanes) is 36. The molecule has 0 saturated heterocycles. The molecule has 0 aromatic carbocycles. The van der Waals surface area contributed by atoms with Crippen LogP contribution < -0.4 is 0 Å². The SMILES string of the molecule is CC/C=C\C/C=C\C/C=C\C/C=C\CCCCC(=O)OC(COC(=O)CCCCCCC/C=C\CCCCC)COC(=O)CCCCCCCCCCCCCCCCCCCCCCC/C=C\C/C=C\CCCCCCC. The molecule has 0 aliphatic rings. The number of allylic oxidation sites excluding steroid dienone is 14. The number of hydrogen-bond donors (Lipinski definition) is 0. The van der Waals surface area contributed by atoms with E-state index in [9.17, 15) is 14.4 Å². The van der Waals surface area contributed by atoms with Crippen LogP contribution in [0.15, 0.2) is 85.1 Å². The molecule has 0 radical (unpaired) electrons. The van der Waals surface area contributed by atoms with E-state index >= 15 is 0 Å². The summed E-state index contributed by atoms with van der Waals surface area (Å²) in [5.74, 6) is -0.933. The van der Waals surface area contributed by atoms with E-state index < -0.39 is 6.10 Å². The van der Waals surface area contributed by atoms with Gasteiger partial charge in [0.05, 0.1) is 0 Å². The minimum Gasteiger partial charge on any atom is -0.462 e. The third kappa shape index (κ3) is 63.4. The van der Waals surface area contributed by atoms with E-state index in [1.165, 1.54) is 199 Å². The van der Waals surface area contributed by atoms with Gasteiger partial charge in [0.15, 0.2) is 6.10 Å². The normalized spacial score (nSPS) is 12.6. The van der Waals surface area contributed by atoms with Gasteiger partial charge in [0, 0.05) is 19.3 Å². The van der Waals surface area contributed by atoms with Gasteiger partial charge in [0.2, 0.25) is 0 Å². The fraction of sp³-hybridized carbons (Fsp3) is 0.764. The van der Waals surface area contributed by atoms with Gasteiger partial charge in [-0.3, -0.25) is 14.4 Å². The van der Waals surface area contributed by atoms with Crippen LogP contribution in [0.5, 0.6) is 0 Å². The summed E-state index contributed by atoms with van der Waals surface area (Å²) in [6, 6.07) is 0. The Labute approximate surface area is 484 Å². The highest BCUT2D eigenvalue weighted by Crippen LogP contribution is 2.17. The first-order valence-corrected chi connectivity index (χ1v) is 33.6. The summed E-state index contributed by atoms with van der Waals surface area (Å²) in [4.78, 5) is 38.2. The second-order valence-electron chi connectivity index (χ2n) is 22.3. The number of rotatable bonds is 61. The van der Waals surface area contributed by atoms with Crippen molar-refractivity contribution in [3.63, 3.8) is 0 Å². The quantitative estimate of drug-likeness (QED) is 0.0261. The van der Waals surface area contributed by atoms with Gasteiger partial charge in [-0.25, -0.2) is 0 Å². The molecular weight excluding hydrogens is 961 g/mol. The summed E-state index contributed by atoms with van der Waals surface area (Å²) in [5, 5.41) is 0. The zero-order chi connectivity index (χ0) is 56.4. The highest BCUT2D eigenvalue weighted by atomic mass is 16.6. The second-order valence-corrected chi connectivity index (χ2v) is 22.3. The van der Waals surface area contributed by atoms with E-state index in [1.54, 1.807) is 0 Å². The van der Waals surface area contributed by atoms with E-state index in [-0.39, 0.29) is 37.5 Å². The van der Waals surface area contributed by atoms with Crippen LogP contribution in [0.25, 0.3) is 0 Å². The smallest absolute Gasteiger partial charge is 0.306 e. The molecule has 0 aliphatic carbocycles. The maximum Gasteiger partial charge on any atom is 0.306 e. The Hall–Kier alpha value is -3.41. The van der Waals surface area contributed by atoms with Crippen LogP contribution in [0.4, 0.5) is 0 Å². The highest BCUT2D eigenvalue weighted by Gasteiger charge is 2.19. The van der Waals surface area contributed by atoms with E-state index in [0.717, 1.165) is 89.9 Å². The van der Waals surface area contributed by atoms with Crippen LogP contribution in [0.1, 0.15) is 335 Å². The molecule has 0 aliphatic heterocycles. The average Bonchev–Trinajstić information content (AvgIpc) is 3.44. The van der Waals surface area contributed by atoms with E-state index in [0.29, 0.717) is 19.3 Å². The summed E-state index contributed by atoms with van der Waals surface area (Å²) in [5.41, 5.74) is 0. The number of esters is 3. The van der Waals surface area contributed by atoms with E-state index in [1.807, 2.05) is 0 Å². The van der Waals surface area contributed by atoms with Crippen molar-refractivity contribution in [2.75, 3.05) is 13.2 Å². The fourth-order valence-corrected chi connectivity index (χ4v) is 9.58. The van der Waals surface area contributed by atoms with Crippen molar-refractivity contribution in [3.05, 3.63) is 85.1 Å². The van der Waals surface area contributed by atoms with Crippen molar-refractivity contribution in [3.8, 4) is 0 Å². The Kier molecular flexibility index (Phi) is 63.2. The molecular formula is C72H126O6. The van der Waals surface area contributed by atoms with Gasteiger partial charge >= 0.3 is 17.9 Å². The van der Waals surface area contributed by atoms with Crippen LogP contribution in [-0.2, 0) is 28.6 Å². The first-order chi connectivity index (χ1) is 38.5. The fourth-order valence-electron chi connectivity index (χ4n) is 9.58. The van der Waals surface area contributed by atoms with Gasteiger partial charge in [0.25, 0.3) is 0 Å². The molecule has 0 bridgehead atoms. The Bertz CT molecular complexity index is 1480. The number of ether oxygens (including phenoxy) is 3. The summed E-state index contributed by atoms with van der Waals surface area (Å²) in [6.45, 7) is 6.48. The minimum atomic E-state index is -0.801. The molecule has 0 saturated carbocycles. The number of carbonyl (C=O) groups is 3. The number of carbonyl (C=O) groups excluding carboxylic acids is 3. The topological polar surface area (TPSA) is 78.9 Å². The molecule has 0 N–H and O–H groups in total. The monoisotopic (exact) mass is 1090 g/mol. The average molecular weight is 1090 g/mol. The first-order valence-electron chi connectivity index (χ1n) is 33.6. The zero-order valence-electron chi connectivity index (χ0n) is 51.7. The predicted octanol–water partition coefficient (Wildman–Crippen LogP) is 23.1. The molecule has 1 atom stereocenters. The van der Waals surface area contributed by atoms with Gasteiger partial charge in [0.1, 0.15) is 13.2 Å². The molecule has 1 unspecified atom stereocenters. The molecule has 0 heterocycles. The Morgan fingerprint density at radius 3 is 0.846 bits per heavy atom. The largest absolute Gasteiger partial charge is 0.462 e. The third-order valence-corrected chi connectivity index (χ3v) is 14.6. The second kappa shape index (κ2) is 66.1. The van der Waals surface area contributed by atoms with Gasteiger partial charge in [-0.05, 0) is 116 Å². The van der Waals surface area contributed by atoms with Crippen molar-refractivity contribution in [2.24, 2.45) is 0 Å². The molecule has 78 heavy (non-hydrogen) atoms. The maximum absolute atomic E-state index is 12.9. The summed E-state index contributed by atoms with van der Waals surface area (Å²) < 4.78 is 16.9. The van der Waals surface area contributed by atoms with E-state index in [4.69, 9.17) is 14.2 Å². The molecule has 0 aromatic rings. The minimum absolute atomic E-state index is 0.0932. The molecule has 0 amide bonds. The summed E-state index contributed by atoms with van der Waals surface area (Å²) in [7, 11) is 0. The lowest BCUT2D eigenvalue weighted by molar-refractivity contribution is -0.167. The van der Waals surface area contributed by atoms with Gasteiger partial charge in [-0.15, -0.1) is 0 Å². The lowest BCUT2D eigenvalue weighted by Crippen LogP contribution is -2.30. The van der Waals surface area contributed by atoms with Crippen molar-refractivity contribution in [1.82, 2.24) is 0 Å². The van der Waals surface area contributed by atoms with Crippen LogP contribution in [0.2, 0.25) is 0 Å². The van der Waals surface area contributed by atoms with Crippen LogP contribution in [0.3, 0.4) is 0 Å². The van der Waals surface area contributed by atoms with E-state index in [2.05, 4.69) is 106 Å².